The predicted octanol–water partition coefficient (Wildman–Crippen LogP) is 2.96. The fourth-order valence-corrected chi connectivity index (χ4v) is 5.43. The van der Waals surface area contributed by atoms with Gasteiger partial charge in [0.15, 0.2) is 0 Å². The molecule has 2 aliphatic heterocycles. The van der Waals surface area contributed by atoms with E-state index in [0.29, 0.717) is 11.7 Å². The molecule has 2 heterocycles. The molecule has 0 bridgehead atoms. The van der Waals surface area contributed by atoms with Gasteiger partial charge >= 0.3 is 0 Å². The molecule has 1 atom stereocenters. The van der Waals surface area contributed by atoms with Crippen molar-refractivity contribution in [2.24, 2.45) is 0 Å². The second-order valence-corrected chi connectivity index (χ2v) is 8.40. The SMILES string of the molecule is O=C(CSCc1ccccc1)N1CCCN(C2CCSC2)CC1. The van der Waals surface area contributed by atoms with E-state index in [1.807, 2.05) is 6.07 Å². The molecule has 0 radical (unpaired) electrons. The molecule has 1 aromatic carbocycles. The Morgan fingerprint density at radius 3 is 2.83 bits per heavy atom. The Labute approximate surface area is 148 Å². The monoisotopic (exact) mass is 350 g/mol. The zero-order valence-electron chi connectivity index (χ0n) is 13.7. The molecule has 1 aromatic rings. The van der Waals surface area contributed by atoms with Crippen molar-refractivity contribution in [3.8, 4) is 0 Å². The third kappa shape index (κ3) is 5.16. The van der Waals surface area contributed by atoms with Crippen LogP contribution >= 0.6 is 23.5 Å². The highest BCUT2D eigenvalue weighted by molar-refractivity contribution is 7.99. The molecule has 2 fully saturated rings. The first-order valence-electron chi connectivity index (χ1n) is 8.54. The van der Waals surface area contributed by atoms with Gasteiger partial charge in [-0.1, -0.05) is 30.3 Å². The van der Waals surface area contributed by atoms with Crippen LogP contribution in [0.5, 0.6) is 0 Å². The van der Waals surface area contributed by atoms with Crippen LogP contribution < -0.4 is 0 Å². The molecule has 0 aromatic heterocycles. The second-order valence-electron chi connectivity index (χ2n) is 6.27. The van der Waals surface area contributed by atoms with Crippen LogP contribution in [0.4, 0.5) is 0 Å². The smallest absolute Gasteiger partial charge is 0.232 e. The fourth-order valence-electron chi connectivity index (χ4n) is 3.28. The van der Waals surface area contributed by atoms with E-state index in [2.05, 4.69) is 45.8 Å². The Hall–Kier alpha value is -0.650. The van der Waals surface area contributed by atoms with E-state index < -0.39 is 0 Å². The van der Waals surface area contributed by atoms with Gasteiger partial charge in [0.05, 0.1) is 5.75 Å². The molecular formula is C18H26N2OS2. The summed E-state index contributed by atoms with van der Waals surface area (Å²) >= 11 is 3.81. The van der Waals surface area contributed by atoms with Crippen molar-refractivity contribution >= 4 is 29.4 Å². The number of rotatable bonds is 5. The lowest BCUT2D eigenvalue weighted by molar-refractivity contribution is -0.128. The Morgan fingerprint density at radius 1 is 1.17 bits per heavy atom. The van der Waals surface area contributed by atoms with E-state index in [9.17, 15) is 4.79 Å². The Balaban J connectivity index is 1.41. The summed E-state index contributed by atoms with van der Waals surface area (Å²) in [5.41, 5.74) is 1.30. The van der Waals surface area contributed by atoms with Crippen molar-refractivity contribution < 1.29 is 4.79 Å². The van der Waals surface area contributed by atoms with Crippen molar-refractivity contribution in [3.63, 3.8) is 0 Å². The van der Waals surface area contributed by atoms with Gasteiger partial charge < -0.3 is 4.90 Å². The van der Waals surface area contributed by atoms with Crippen LogP contribution in [-0.4, -0.2) is 65.2 Å². The van der Waals surface area contributed by atoms with E-state index >= 15 is 0 Å². The molecule has 0 aliphatic carbocycles. The largest absolute Gasteiger partial charge is 0.341 e. The van der Waals surface area contributed by atoms with Gasteiger partial charge in [-0.05, 0) is 24.2 Å². The van der Waals surface area contributed by atoms with Crippen molar-refractivity contribution in [2.45, 2.75) is 24.6 Å². The first kappa shape index (κ1) is 17.2. The summed E-state index contributed by atoms with van der Waals surface area (Å²) in [6.45, 7) is 4.06. The maximum Gasteiger partial charge on any atom is 0.232 e. The summed E-state index contributed by atoms with van der Waals surface area (Å²) in [6, 6.07) is 11.2. The van der Waals surface area contributed by atoms with E-state index in [0.717, 1.165) is 44.4 Å². The van der Waals surface area contributed by atoms with E-state index in [1.165, 1.54) is 23.5 Å². The first-order valence-corrected chi connectivity index (χ1v) is 10.8. The number of carbonyl (C=O) groups excluding carboxylic acids is 1. The summed E-state index contributed by atoms with van der Waals surface area (Å²) in [4.78, 5) is 17.2. The van der Waals surface area contributed by atoms with E-state index in [-0.39, 0.29) is 0 Å². The first-order chi connectivity index (χ1) is 11.3. The Morgan fingerprint density at radius 2 is 2.04 bits per heavy atom. The summed E-state index contributed by atoms with van der Waals surface area (Å²) in [5, 5.41) is 0. The molecule has 2 saturated heterocycles. The molecule has 0 saturated carbocycles. The predicted molar refractivity (Wildman–Crippen MR) is 101 cm³/mol. The fraction of sp³-hybridized carbons (Fsp3) is 0.611. The summed E-state index contributed by atoms with van der Waals surface area (Å²) < 4.78 is 0. The van der Waals surface area contributed by atoms with Crippen LogP contribution in [-0.2, 0) is 10.5 Å². The Kier molecular flexibility index (Phi) is 6.72. The number of hydrogen-bond donors (Lipinski definition) is 0. The zero-order chi connectivity index (χ0) is 15.9. The normalized spacial score (nSPS) is 23.0. The molecule has 23 heavy (non-hydrogen) atoms. The summed E-state index contributed by atoms with van der Waals surface area (Å²) in [7, 11) is 0. The van der Waals surface area contributed by atoms with Crippen molar-refractivity contribution in [1.29, 1.82) is 0 Å². The lowest BCUT2D eigenvalue weighted by atomic mass is 10.2. The maximum absolute atomic E-state index is 12.5. The standard InChI is InChI=1S/C18H26N2OS2/c21-18(15-23-13-16-5-2-1-3-6-16)20-9-4-8-19(10-11-20)17-7-12-22-14-17/h1-3,5-6,17H,4,7-15H2. The summed E-state index contributed by atoms with van der Waals surface area (Å²) in [6.07, 6.45) is 2.45. The average Bonchev–Trinajstić information content (AvgIpc) is 3.00. The number of benzene rings is 1. The number of amides is 1. The third-order valence-corrected chi connectivity index (χ3v) is 6.78. The molecule has 0 N–H and O–H groups in total. The lowest BCUT2D eigenvalue weighted by Gasteiger charge is -2.26. The van der Waals surface area contributed by atoms with Gasteiger partial charge in [0.2, 0.25) is 5.91 Å². The molecule has 3 nitrogen and oxygen atoms in total. The van der Waals surface area contributed by atoms with Crippen LogP contribution in [0, 0.1) is 0 Å². The van der Waals surface area contributed by atoms with Crippen LogP contribution in [0.25, 0.3) is 0 Å². The topological polar surface area (TPSA) is 23.6 Å². The van der Waals surface area contributed by atoms with Crippen LogP contribution in [0.2, 0.25) is 0 Å². The molecule has 0 spiro atoms. The highest BCUT2D eigenvalue weighted by atomic mass is 32.2. The number of nitrogens with zero attached hydrogens (tertiary/aromatic N) is 2. The Bertz CT molecular complexity index is 491. The minimum absolute atomic E-state index is 0.313. The van der Waals surface area contributed by atoms with Crippen molar-refractivity contribution in [2.75, 3.05) is 43.4 Å². The molecule has 1 amide bonds. The molecule has 1 unspecified atom stereocenters. The zero-order valence-corrected chi connectivity index (χ0v) is 15.3. The van der Waals surface area contributed by atoms with Gasteiger partial charge in [-0.15, -0.1) is 11.8 Å². The second kappa shape index (κ2) is 9.00. The number of carbonyl (C=O) groups is 1. The minimum atomic E-state index is 0.313. The summed E-state index contributed by atoms with van der Waals surface area (Å²) in [5.74, 6) is 4.43. The minimum Gasteiger partial charge on any atom is -0.341 e. The quantitative estimate of drug-likeness (QED) is 0.815. The van der Waals surface area contributed by atoms with Crippen molar-refractivity contribution in [3.05, 3.63) is 35.9 Å². The van der Waals surface area contributed by atoms with Crippen LogP contribution in [0.15, 0.2) is 30.3 Å². The van der Waals surface area contributed by atoms with Gasteiger partial charge in [-0.2, -0.15) is 11.8 Å². The molecule has 126 valence electrons. The maximum atomic E-state index is 12.5. The van der Waals surface area contributed by atoms with Gasteiger partial charge in [0.1, 0.15) is 0 Å². The van der Waals surface area contributed by atoms with Gasteiger partial charge in [0.25, 0.3) is 0 Å². The average molecular weight is 351 g/mol. The lowest BCUT2D eigenvalue weighted by Crippen LogP contribution is -2.40. The van der Waals surface area contributed by atoms with Crippen molar-refractivity contribution in [1.82, 2.24) is 9.80 Å². The van der Waals surface area contributed by atoms with E-state index in [1.54, 1.807) is 11.8 Å². The van der Waals surface area contributed by atoms with E-state index in [4.69, 9.17) is 0 Å². The highest BCUT2D eigenvalue weighted by Gasteiger charge is 2.26. The molecular weight excluding hydrogens is 324 g/mol. The van der Waals surface area contributed by atoms with Gasteiger partial charge in [-0.3, -0.25) is 9.69 Å². The van der Waals surface area contributed by atoms with Gasteiger partial charge in [-0.25, -0.2) is 0 Å². The number of hydrogen-bond acceptors (Lipinski definition) is 4. The van der Waals surface area contributed by atoms with Crippen LogP contribution in [0.3, 0.4) is 0 Å². The molecule has 2 aliphatic rings. The molecule has 3 rings (SSSR count). The number of thioether (sulfide) groups is 2. The van der Waals surface area contributed by atoms with Crippen LogP contribution in [0.1, 0.15) is 18.4 Å². The molecule has 5 heteroatoms. The highest BCUT2D eigenvalue weighted by Crippen LogP contribution is 2.23. The van der Waals surface area contributed by atoms with Gasteiger partial charge in [0, 0.05) is 43.7 Å². The third-order valence-electron chi connectivity index (χ3n) is 4.64.